The van der Waals surface area contributed by atoms with E-state index in [-0.39, 0.29) is 11.6 Å². The minimum absolute atomic E-state index is 0.357. The molecule has 0 saturated carbocycles. The van der Waals surface area contributed by atoms with Gasteiger partial charge in [-0.05, 0) is 72.5 Å². The molecule has 3 rings (SSSR count). The number of hydrogen-bond acceptors (Lipinski definition) is 3. The fourth-order valence-corrected chi connectivity index (χ4v) is 2.71. The Kier molecular flexibility index (Phi) is 5.17. The third-order valence-electron chi connectivity index (χ3n) is 4.05. The maximum absolute atomic E-state index is 11.7. The average molecular weight is 349 g/mol. The molecule has 0 aliphatic heterocycles. The second-order valence-electron chi connectivity index (χ2n) is 5.71. The standard InChI is InChI=1S/C24H15NO2/c1-3-23(26)18-10-14-21(15-11-18)25(20-8-6-5-7-9-20)22-16-12-19(13-17-22)24(27)4-2/h1-2,5-17H. The molecule has 0 aliphatic rings. The van der Waals surface area contributed by atoms with Crippen molar-refractivity contribution in [2.75, 3.05) is 4.90 Å². The SMILES string of the molecule is C#CC(=O)c1ccc(N(c2ccccc2)c2ccc(C(=O)C#C)cc2)cc1. The summed E-state index contributed by atoms with van der Waals surface area (Å²) < 4.78 is 0. The minimum Gasteiger partial charge on any atom is -0.311 e. The molecule has 3 nitrogen and oxygen atoms in total. The number of carbonyl (C=O) groups is 2. The molecule has 3 heteroatoms. The Hall–Kier alpha value is -4.08. The molecule has 0 amide bonds. The Morgan fingerprint density at radius 1 is 0.593 bits per heavy atom. The highest BCUT2D eigenvalue weighted by Crippen LogP contribution is 2.34. The maximum atomic E-state index is 11.7. The number of para-hydroxylation sites is 1. The molecular weight excluding hydrogens is 334 g/mol. The van der Waals surface area contributed by atoms with Gasteiger partial charge in [0.1, 0.15) is 0 Å². The van der Waals surface area contributed by atoms with Crippen molar-refractivity contribution in [2.24, 2.45) is 0 Å². The van der Waals surface area contributed by atoms with Crippen LogP contribution in [0.15, 0.2) is 78.9 Å². The van der Waals surface area contributed by atoms with Gasteiger partial charge in [0.15, 0.2) is 0 Å². The van der Waals surface area contributed by atoms with Crippen LogP contribution in [0, 0.1) is 24.7 Å². The molecule has 27 heavy (non-hydrogen) atoms. The summed E-state index contributed by atoms with van der Waals surface area (Å²) in [5, 5.41) is 0. The third kappa shape index (κ3) is 3.79. The Balaban J connectivity index is 2.05. The first kappa shape index (κ1) is 17.7. The molecule has 0 spiro atoms. The molecule has 0 unspecified atom stereocenters. The molecule has 0 N–H and O–H groups in total. The van der Waals surface area contributed by atoms with Crippen molar-refractivity contribution < 1.29 is 9.59 Å². The van der Waals surface area contributed by atoms with Crippen LogP contribution in [0.5, 0.6) is 0 Å². The van der Waals surface area contributed by atoms with Gasteiger partial charge < -0.3 is 4.90 Å². The van der Waals surface area contributed by atoms with Gasteiger partial charge in [-0.3, -0.25) is 9.59 Å². The maximum Gasteiger partial charge on any atom is 0.235 e. The summed E-state index contributed by atoms with van der Waals surface area (Å²) in [6.45, 7) is 0. The van der Waals surface area contributed by atoms with Crippen LogP contribution >= 0.6 is 0 Å². The zero-order chi connectivity index (χ0) is 19.2. The number of anilines is 3. The lowest BCUT2D eigenvalue weighted by Crippen LogP contribution is -2.10. The largest absolute Gasteiger partial charge is 0.311 e. The molecular formula is C24H15NO2. The van der Waals surface area contributed by atoms with Gasteiger partial charge in [-0.1, -0.05) is 18.2 Å². The van der Waals surface area contributed by atoms with Gasteiger partial charge in [-0.2, -0.15) is 0 Å². The van der Waals surface area contributed by atoms with Crippen LogP contribution in [0.25, 0.3) is 0 Å². The first-order valence-corrected chi connectivity index (χ1v) is 8.21. The van der Waals surface area contributed by atoms with Crippen LogP contribution in [0.1, 0.15) is 20.7 Å². The fraction of sp³-hybridized carbons (Fsp3) is 0. The van der Waals surface area contributed by atoms with Crippen LogP contribution < -0.4 is 4.90 Å². The van der Waals surface area contributed by atoms with E-state index in [1.54, 1.807) is 24.3 Å². The van der Waals surface area contributed by atoms with Gasteiger partial charge in [0, 0.05) is 28.2 Å². The number of benzene rings is 3. The molecule has 0 fully saturated rings. The second-order valence-corrected chi connectivity index (χ2v) is 5.71. The van der Waals surface area contributed by atoms with E-state index in [1.165, 1.54) is 0 Å². The Labute approximate surface area is 158 Å². The number of Topliss-reactive ketones (excluding diaryl/α,β-unsaturated/α-hetero) is 2. The van der Waals surface area contributed by atoms with Gasteiger partial charge in [-0.15, -0.1) is 12.8 Å². The van der Waals surface area contributed by atoms with Gasteiger partial charge in [0.2, 0.25) is 11.6 Å². The second kappa shape index (κ2) is 7.87. The van der Waals surface area contributed by atoms with E-state index >= 15 is 0 Å². The van der Waals surface area contributed by atoms with Crippen molar-refractivity contribution in [1.82, 2.24) is 0 Å². The van der Waals surface area contributed by atoms with Crippen molar-refractivity contribution in [3.63, 3.8) is 0 Å². The van der Waals surface area contributed by atoms with Crippen LogP contribution in [0.3, 0.4) is 0 Å². The van der Waals surface area contributed by atoms with E-state index in [2.05, 4.69) is 11.8 Å². The van der Waals surface area contributed by atoms with Crippen LogP contribution in [0.2, 0.25) is 0 Å². The summed E-state index contributed by atoms with van der Waals surface area (Å²) >= 11 is 0. The molecule has 0 aliphatic carbocycles. The average Bonchev–Trinajstić information content (AvgIpc) is 2.74. The summed E-state index contributed by atoms with van der Waals surface area (Å²) in [6.07, 6.45) is 10.4. The molecule has 0 atom stereocenters. The molecule has 0 saturated heterocycles. The molecule has 0 bridgehead atoms. The predicted molar refractivity (Wildman–Crippen MR) is 107 cm³/mol. The van der Waals surface area contributed by atoms with Crippen LogP contribution in [0.4, 0.5) is 17.1 Å². The smallest absolute Gasteiger partial charge is 0.235 e. The quantitative estimate of drug-likeness (QED) is 0.378. The van der Waals surface area contributed by atoms with E-state index < -0.39 is 0 Å². The zero-order valence-electron chi connectivity index (χ0n) is 14.4. The number of hydrogen-bond donors (Lipinski definition) is 0. The molecule has 3 aromatic rings. The summed E-state index contributed by atoms with van der Waals surface area (Å²) in [4.78, 5) is 25.3. The highest BCUT2D eigenvalue weighted by atomic mass is 16.1. The third-order valence-corrected chi connectivity index (χ3v) is 4.05. The monoisotopic (exact) mass is 349 g/mol. The highest BCUT2D eigenvalue weighted by molar-refractivity contribution is 6.09. The highest BCUT2D eigenvalue weighted by Gasteiger charge is 2.13. The summed E-state index contributed by atoms with van der Waals surface area (Å²) in [5.41, 5.74) is 3.56. The normalized spacial score (nSPS) is 9.70. The fourth-order valence-electron chi connectivity index (χ4n) is 2.71. The lowest BCUT2D eigenvalue weighted by atomic mass is 10.1. The Bertz CT molecular complexity index is 981. The molecule has 0 radical (unpaired) electrons. The van der Waals surface area contributed by atoms with E-state index in [1.807, 2.05) is 59.5 Å². The van der Waals surface area contributed by atoms with E-state index in [9.17, 15) is 9.59 Å². The summed E-state index contributed by atoms with van der Waals surface area (Å²) in [6, 6.07) is 23.9. The number of rotatable bonds is 5. The van der Waals surface area contributed by atoms with Crippen molar-refractivity contribution in [3.05, 3.63) is 90.0 Å². The first-order valence-electron chi connectivity index (χ1n) is 8.21. The predicted octanol–water partition coefficient (Wildman–Crippen LogP) is 4.79. The zero-order valence-corrected chi connectivity index (χ0v) is 14.4. The number of carbonyl (C=O) groups excluding carboxylic acids is 2. The molecule has 0 heterocycles. The van der Waals surface area contributed by atoms with Crippen molar-refractivity contribution in [3.8, 4) is 24.7 Å². The number of ketones is 2. The van der Waals surface area contributed by atoms with Gasteiger partial charge in [0.25, 0.3) is 0 Å². The van der Waals surface area contributed by atoms with Crippen molar-refractivity contribution in [2.45, 2.75) is 0 Å². The lowest BCUT2D eigenvalue weighted by Gasteiger charge is -2.25. The summed E-state index contributed by atoms with van der Waals surface area (Å²) in [5.74, 6) is 3.52. The van der Waals surface area contributed by atoms with Gasteiger partial charge >= 0.3 is 0 Å². The van der Waals surface area contributed by atoms with Crippen LogP contribution in [-0.4, -0.2) is 11.6 Å². The van der Waals surface area contributed by atoms with Crippen molar-refractivity contribution in [1.29, 1.82) is 0 Å². The van der Waals surface area contributed by atoms with E-state index in [0.717, 1.165) is 17.1 Å². The van der Waals surface area contributed by atoms with Crippen LogP contribution in [-0.2, 0) is 0 Å². The number of nitrogens with zero attached hydrogens (tertiary/aromatic N) is 1. The Morgan fingerprint density at radius 2 is 0.963 bits per heavy atom. The topological polar surface area (TPSA) is 37.4 Å². The summed E-state index contributed by atoms with van der Waals surface area (Å²) in [7, 11) is 0. The van der Waals surface area contributed by atoms with E-state index in [4.69, 9.17) is 12.8 Å². The van der Waals surface area contributed by atoms with Crippen molar-refractivity contribution >= 4 is 28.6 Å². The van der Waals surface area contributed by atoms with Gasteiger partial charge in [-0.25, -0.2) is 0 Å². The first-order chi connectivity index (χ1) is 13.1. The minimum atomic E-state index is -0.357. The molecule has 3 aromatic carbocycles. The number of terminal acetylenes is 2. The lowest BCUT2D eigenvalue weighted by molar-refractivity contribution is 0.104. The van der Waals surface area contributed by atoms with E-state index in [0.29, 0.717) is 11.1 Å². The van der Waals surface area contributed by atoms with Gasteiger partial charge in [0.05, 0.1) is 0 Å². The Morgan fingerprint density at radius 3 is 1.33 bits per heavy atom. The molecule has 0 aromatic heterocycles. The molecule has 128 valence electrons.